The zero-order valence-electron chi connectivity index (χ0n) is 11.1. The summed E-state index contributed by atoms with van der Waals surface area (Å²) in [5.74, 6) is 0.369. The van der Waals surface area contributed by atoms with Gasteiger partial charge in [0, 0.05) is 17.8 Å². The molecule has 1 amide bonds. The van der Waals surface area contributed by atoms with Crippen molar-refractivity contribution in [3.8, 4) is 0 Å². The van der Waals surface area contributed by atoms with E-state index in [1.165, 1.54) is 6.08 Å². The van der Waals surface area contributed by atoms with Gasteiger partial charge in [-0.2, -0.15) is 5.10 Å². The van der Waals surface area contributed by atoms with Gasteiger partial charge in [-0.05, 0) is 30.5 Å². The number of aromatic amines is 1. The van der Waals surface area contributed by atoms with Gasteiger partial charge in [0.15, 0.2) is 5.82 Å². The molecule has 0 radical (unpaired) electrons. The smallest absolute Gasteiger partial charge is 0.249 e. The van der Waals surface area contributed by atoms with E-state index in [4.69, 9.17) is 0 Å². The monoisotopic (exact) mass is 255 g/mol. The van der Waals surface area contributed by atoms with Crippen molar-refractivity contribution in [1.82, 2.24) is 10.2 Å². The molecule has 1 aromatic carbocycles. The fraction of sp³-hybridized carbons (Fsp3) is 0.200. The molecule has 1 aromatic heterocycles. The Labute approximate surface area is 112 Å². The standard InChI is InChI=1S/C15H17N3O/c1-3-13-10-14(18-17-13)16-15(19)9-8-12-7-5-4-6-11(12)2/h4-10H,3H2,1-2H3,(H2,16,17,18,19)/b9-8+. The highest BCUT2D eigenvalue weighted by Gasteiger charge is 2.02. The summed E-state index contributed by atoms with van der Waals surface area (Å²) < 4.78 is 0. The van der Waals surface area contributed by atoms with E-state index in [1.54, 1.807) is 6.08 Å². The van der Waals surface area contributed by atoms with Gasteiger partial charge < -0.3 is 5.32 Å². The quantitative estimate of drug-likeness (QED) is 0.825. The van der Waals surface area contributed by atoms with Crippen molar-refractivity contribution in [1.29, 1.82) is 0 Å². The van der Waals surface area contributed by atoms with Gasteiger partial charge in [-0.1, -0.05) is 31.2 Å². The summed E-state index contributed by atoms with van der Waals surface area (Å²) in [7, 11) is 0. The molecule has 2 aromatic rings. The maximum Gasteiger partial charge on any atom is 0.249 e. The minimum atomic E-state index is -0.183. The third-order valence-corrected chi connectivity index (χ3v) is 2.87. The Kier molecular flexibility index (Phi) is 4.13. The molecule has 0 aliphatic carbocycles. The number of H-pyrrole nitrogens is 1. The number of hydrogen-bond acceptors (Lipinski definition) is 2. The summed E-state index contributed by atoms with van der Waals surface area (Å²) in [4.78, 5) is 11.7. The van der Waals surface area contributed by atoms with E-state index in [-0.39, 0.29) is 5.91 Å². The molecule has 0 aliphatic rings. The van der Waals surface area contributed by atoms with Gasteiger partial charge in [0.1, 0.15) is 0 Å². The molecule has 0 atom stereocenters. The van der Waals surface area contributed by atoms with Crippen molar-refractivity contribution in [2.45, 2.75) is 20.3 Å². The number of aryl methyl sites for hydroxylation is 2. The Morgan fingerprint density at radius 3 is 2.89 bits per heavy atom. The molecule has 4 heteroatoms. The minimum Gasteiger partial charge on any atom is -0.306 e. The molecule has 19 heavy (non-hydrogen) atoms. The molecule has 0 spiro atoms. The van der Waals surface area contributed by atoms with Crippen LogP contribution in [-0.2, 0) is 11.2 Å². The number of nitrogens with zero attached hydrogens (tertiary/aromatic N) is 1. The first-order chi connectivity index (χ1) is 9.19. The summed E-state index contributed by atoms with van der Waals surface area (Å²) >= 11 is 0. The van der Waals surface area contributed by atoms with Crippen molar-refractivity contribution in [3.63, 3.8) is 0 Å². The van der Waals surface area contributed by atoms with Crippen LogP contribution < -0.4 is 5.32 Å². The molecular weight excluding hydrogens is 238 g/mol. The second-order valence-corrected chi connectivity index (χ2v) is 4.31. The predicted molar refractivity (Wildman–Crippen MR) is 76.8 cm³/mol. The van der Waals surface area contributed by atoms with Crippen LogP contribution in [0.3, 0.4) is 0 Å². The number of benzene rings is 1. The second kappa shape index (κ2) is 6.00. The van der Waals surface area contributed by atoms with E-state index in [1.807, 2.05) is 44.2 Å². The Morgan fingerprint density at radius 2 is 2.21 bits per heavy atom. The molecule has 0 fully saturated rings. The SMILES string of the molecule is CCc1cc(NC(=O)/C=C/c2ccccc2C)n[nH]1. The summed E-state index contributed by atoms with van der Waals surface area (Å²) in [6.45, 7) is 4.04. The van der Waals surface area contributed by atoms with Crippen LogP contribution >= 0.6 is 0 Å². The molecule has 0 unspecified atom stereocenters. The van der Waals surface area contributed by atoms with E-state index in [9.17, 15) is 4.79 Å². The molecule has 1 heterocycles. The zero-order chi connectivity index (χ0) is 13.7. The molecular formula is C15H17N3O. The third kappa shape index (κ3) is 3.55. The molecule has 2 N–H and O–H groups in total. The first kappa shape index (κ1) is 13.1. The lowest BCUT2D eigenvalue weighted by Gasteiger charge is -1.99. The lowest BCUT2D eigenvalue weighted by Crippen LogP contribution is -2.07. The van der Waals surface area contributed by atoms with E-state index in [0.29, 0.717) is 5.82 Å². The van der Waals surface area contributed by atoms with Gasteiger partial charge in [0.25, 0.3) is 0 Å². The number of amides is 1. The van der Waals surface area contributed by atoms with Crippen LogP contribution in [-0.4, -0.2) is 16.1 Å². The molecule has 4 nitrogen and oxygen atoms in total. The van der Waals surface area contributed by atoms with E-state index in [0.717, 1.165) is 23.2 Å². The van der Waals surface area contributed by atoms with E-state index in [2.05, 4.69) is 15.5 Å². The summed E-state index contributed by atoms with van der Waals surface area (Å²) in [6.07, 6.45) is 4.18. The molecule has 0 bridgehead atoms. The highest BCUT2D eigenvalue weighted by molar-refractivity contribution is 6.01. The maximum absolute atomic E-state index is 11.7. The van der Waals surface area contributed by atoms with Crippen LogP contribution in [0, 0.1) is 6.92 Å². The topological polar surface area (TPSA) is 57.8 Å². The molecule has 98 valence electrons. The number of anilines is 1. The van der Waals surface area contributed by atoms with Crippen molar-refractivity contribution in [3.05, 3.63) is 53.2 Å². The fourth-order valence-corrected chi connectivity index (χ4v) is 1.71. The summed E-state index contributed by atoms with van der Waals surface area (Å²) in [5.41, 5.74) is 3.17. The number of nitrogens with one attached hydrogen (secondary N) is 2. The molecule has 0 saturated carbocycles. The van der Waals surface area contributed by atoms with E-state index < -0.39 is 0 Å². The van der Waals surface area contributed by atoms with Crippen LogP contribution in [0.5, 0.6) is 0 Å². The van der Waals surface area contributed by atoms with Gasteiger partial charge in [0.05, 0.1) is 0 Å². The molecule has 0 aliphatic heterocycles. The van der Waals surface area contributed by atoms with Crippen molar-refractivity contribution in [2.24, 2.45) is 0 Å². The van der Waals surface area contributed by atoms with Gasteiger partial charge >= 0.3 is 0 Å². The van der Waals surface area contributed by atoms with Gasteiger partial charge in [-0.3, -0.25) is 9.89 Å². The van der Waals surface area contributed by atoms with Crippen molar-refractivity contribution in [2.75, 3.05) is 5.32 Å². The normalized spacial score (nSPS) is 10.8. The number of carbonyl (C=O) groups excluding carboxylic acids is 1. The largest absolute Gasteiger partial charge is 0.306 e. The number of rotatable bonds is 4. The number of carbonyl (C=O) groups is 1. The Morgan fingerprint density at radius 1 is 1.42 bits per heavy atom. The molecule has 2 rings (SSSR count). The van der Waals surface area contributed by atoms with Crippen LogP contribution in [0.2, 0.25) is 0 Å². The van der Waals surface area contributed by atoms with Gasteiger partial charge in [-0.15, -0.1) is 0 Å². The summed E-state index contributed by atoms with van der Waals surface area (Å²) in [5, 5.41) is 9.58. The first-order valence-corrected chi connectivity index (χ1v) is 6.28. The third-order valence-electron chi connectivity index (χ3n) is 2.87. The van der Waals surface area contributed by atoms with Gasteiger partial charge in [-0.25, -0.2) is 0 Å². The lowest BCUT2D eigenvalue weighted by atomic mass is 10.1. The van der Waals surface area contributed by atoms with Crippen LogP contribution in [0.1, 0.15) is 23.7 Å². The first-order valence-electron chi connectivity index (χ1n) is 6.28. The maximum atomic E-state index is 11.7. The van der Waals surface area contributed by atoms with Crippen LogP contribution in [0.25, 0.3) is 6.08 Å². The van der Waals surface area contributed by atoms with Gasteiger partial charge in [0.2, 0.25) is 5.91 Å². The predicted octanol–water partition coefficient (Wildman–Crippen LogP) is 2.93. The molecule has 0 saturated heterocycles. The van der Waals surface area contributed by atoms with E-state index >= 15 is 0 Å². The average Bonchev–Trinajstić information content (AvgIpc) is 2.85. The average molecular weight is 255 g/mol. The summed E-state index contributed by atoms with van der Waals surface area (Å²) in [6, 6.07) is 9.75. The fourth-order valence-electron chi connectivity index (χ4n) is 1.71. The van der Waals surface area contributed by atoms with Crippen LogP contribution in [0.4, 0.5) is 5.82 Å². The number of hydrogen-bond donors (Lipinski definition) is 2. The zero-order valence-corrected chi connectivity index (χ0v) is 11.1. The van der Waals surface area contributed by atoms with Crippen LogP contribution in [0.15, 0.2) is 36.4 Å². The number of aromatic nitrogens is 2. The highest BCUT2D eigenvalue weighted by Crippen LogP contribution is 2.09. The Balaban J connectivity index is 1.99. The highest BCUT2D eigenvalue weighted by atomic mass is 16.1. The lowest BCUT2D eigenvalue weighted by molar-refractivity contribution is -0.111. The second-order valence-electron chi connectivity index (χ2n) is 4.31. The Hall–Kier alpha value is -2.36. The van der Waals surface area contributed by atoms with Crippen molar-refractivity contribution < 1.29 is 4.79 Å². The van der Waals surface area contributed by atoms with Crippen molar-refractivity contribution >= 4 is 17.8 Å². The Bertz CT molecular complexity index is 599. The minimum absolute atomic E-state index is 0.183.